The Kier molecular flexibility index (Phi) is 4.79. The van der Waals surface area contributed by atoms with Gasteiger partial charge in [-0.25, -0.2) is 9.18 Å². The standard InChI is InChI=1S/C22H24FN3O2/c1-15-2-4-16(5-3-15)14-22(10-11-22)25-21(28)26-13-12-24-20(27)19(26)17-6-8-18(23)9-7-17/h2-9,19H,10-14H2,1H3,(H,24,27)(H,25,28)/t19-/m1/s1. The minimum atomic E-state index is -0.746. The van der Waals surface area contributed by atoms with Crippen molar-refractivity contribution >= 4 is 11.9 Å². The van der Waals surface area contributed by atoms with Gasteiger partial charge >= 0.3 is 6.03 Å². The van der Waals surface area contributed by atoms with Crippen molar-refractivity contribution in [3.63, 3.8) is 0 Å². The molecule has 0 spiro atoms. The van der Waals surface area contributed by atoms with Gasteiger partial charge < -0.3 is 15.5 Å². The van der Waals surface area contributed by atoms with E-state index >= 15 is 0 Å². The Labute approximate surface area is 163 Å². The van der Waals surface area contributed by atoms with Crippen molar-refractivity contribution in [1.29, 1.82) is 0 Å². The molecule has 1 atom stereocenters. The minimum absolute atomic E-state index is 0.239. The second kappa shape index (κ2) is 7.26. The van der Waals surface area contributed by atoms with E-state index in [1.807, 2.05) is 0 Å². The van der Waals surface area contributed by atoms with E-state index in [0.717, 1.165) is 19.3 Å². The van der Waals surface area contributed by atoms with Crippen LogP contribution in [0.5, 0.6) is 0 Å². The first kappa shape index (κ1) is 18.5. The molecular weight excluding hydrogens is 357 g/mol. The molecule has 2 fully saturated rings. The van der Waals surface area contributed by atoms with Gasteiger partial charge in [0.05, 0.1) is 0 Å². The molecule has 6 heteroatoms. The van der Waals surface area contributed by atoms with Crippen molar-refractivity contribution in [2.45, 2.75) is 37.8 Å². The molecule has 2 N–H and O–H groups in total. The summed E-state index contributed by atoms with van der Waals surface area (Å²) in [5.41, 5.74) is 2.76. The summed E-state index contributed by atoms with van der Waals surface area (Å²) in [6.07, 6.45) is 2.63. The average molecular weight is 381 g/mol. The Bertz CT molecular complexity index is 876. The number of urea groups is 1. The Balaban J connectivity index is 1.50. The summed E-state index contributed by atoms with van der Waals surface area (Å²) in [6, 6.07) is 13.1. The zero-order chi connectivity index (χ0) is 19.7. The van der Waals surface area contributed by atoms with Crippen LogP contribution in [-0.4, -0.2) is 35.5 Å². The lowest BCUT2D eigenvalue weighted by molar-refractivity contribution is -0.127. The number of aryl methyl sites for hydroxylation is 1. The molecule has 2 aromatic carbocycles. The Hall–Kier alpha value is -2.89. The van der Waals surface area contributed by atoms with Gasteiger partial charge in [0.2, 0.25) is 5.91 Å². The van der Waals surface area contributed by atoms with Crippen LogP contribution in [0.25, 0.3) is 0 Å². The SMILES string of the molecule is Cc1ccc(CC2(NC(=O)N3CCNC(=O)[C@H]3c3ccc(F)cc3)CC2)cc1. The Morgan fingerprint density at radius 3 is 2.50 bits per heavy atom. The number of nitrogens with zero attached hydrogens (tertiary/aromatic N) is 1. The maximum absolute atomic E-state index is 13.3. The summed E-state index contributed by atoms with van der Waals surface area (Å²) in [5, 5.41) is 5.96. The van der Waals surface area contributed by atoms with Crippen LogP contribution in [0.4, 0.5) is 9.18 Å². The monoisotopic (exact) mass is 381 g/mol. The summed E-state index contributed by atoms with van der Waals surface area (Å²) >= 11 is 0. The number of benzene rings is 2. The summed E-state index contributed by atoms with van der Waals surface area (Å²) in [5.74, 6) is -0.609. The fourth-order valence-electron chi connectivity index (χ4n) is 3.75. The van der Waals surface area contributed by atoms with Crippen LogP contribution in [0.1, 0.15) is 35.6 Å². The molecular formula is C22H24FN3O2. The van der Waals surface area contributed by atoms with E-state index < -0.39 is 6.04 Å². The zero-order valence-electron chi connectivity index (χ0n) is 15.9. The van der Waals surface area contributed by atoms with Gasteiger partial charge in [-0.3, -0.25) is 4.79 Å². The van der Waals surface area contributed by atoms with Crippen LogP contribution >= 0.6 is 0 Å². The van der Waals surface area contributed by atoms with Gasteiger partial charge in [-0.15, -0.1) is 0 Å². The summed E-state index contributed by atoms with van der Waals surface area (Å²) in [4.78, 5) is 27.1. The summed E-state index contributed by atoms with van der Waals surface area (Å²) in [6.45, 7) is 2.88. The molecule has 4 rings (SSSR count). The Morgan fingerprint density at radius 2 is 1.86 bits per heavy atom. The maximum Gasteiger partial charge on any atom is 0.318 e. The molecule has 146 valence electrons. The molecule has 2 aromatic rings. The van der Waals surface area contributed by atoms with Gasteiger partial charge in [0.15, 0.2) is 0 Å². The lowest BCUT2D eigenvalue weighted by Gasteiger charge is -2.36. The van der Waals surface area contributed by atoms with E-state index in [4.69, 9.17) is 0 Å². The molecule has 1 aliphatic heterocycles. The number of amides is 3. The fraction of sp³-hybridized carbons (Fsp3) is 0.364. The van der Waals surface area contributed by atoms with Gasteiger partial charge in [0, 0.05) is 18.6 Å². The predicted molar refractivity (Wildman–Crippen MR) is 104 cm³/mol. The predicted octanol–water partition coefficient (Wildman–Crippen LogP) is 3.09. The second-order valence-corrected chi connectivity index (χ2v) is 7.81. The third-order valence-electron chi connectivity index (χ3n) is 5.55. The number of carbonyl (C=O) groups is 2. The highest BCUT2D eigenvalue weighted by Crippen LogP contribution is 2.39. The van der Waals surface area contributed by atoms with E-state index in [2.05, 4.69) is 41.8 Å². The van der Waals surface area contributed by atoms with Crippen LogP contribution in [0.15, 0.2) is 48.5 Å². The molecule has 0 unspecified atom stereocenters. The third-order valence-corrected chi connectivity index (χ3v) is 5.55. The van der Waals surface area contributed by atoms with Gasteiger partial charge in [-0.2, -0.15) is 0 Å². The molecule has 0 bridgehead atoms. The van der Waals surface area contributed by atoms with Crippen molar-refractivity contribution in [3.8, 4) is 0 Å². The van der Waals surface area contributed by atoms with Crippen molar-refractivity contribution in [3.05, 3.63) is 71.0 Å². The lowest BCUT2D eigenvalue weighted by Crippen LogP contribution is -2.56. The largest absolute Gasteiger partial charge is 0.352 e. The van der Waals surface area contributed by atoms with Gasteiger partial charge in [-0.05, 0) is 49.4 Å². The molecule has 1 aliphatic carbocycles. The Morgan fingerprint density at radius 1 is 1.18 bits per heavy atom. The minimum Gasteiger partial charge on any atom is -0.352 e. The van der Waals surface area contributed by atoms with Crippen molar-refractivity contribution in [2.24, 2.45) is 0 Å². The first-order chi connectivity index (χ1) is 13.5. The molecule has 1 heterocycles. The number of hydrogen-bond donors (Lipinski definition) is 2. The van der Waals surface area contributed by atoms with E-state index in [-0.39, 0.29) is 23.3 Å². The molecule has 28 heavy (non-hydrogen) atoms. The van der Waals surface area contributed by atoms with Crippen LogP contribution < -0.4 is 10.6 Å². The lowest BCUT2D eigenvalue weighted by atomic mass is 10.0. The van der Waals surface area contributed by atoms with E-state index in [0.29, 0.717) is 18.7 Å². The third kappa shape index (κ3) is 3.86. The quantitative estimate of drug-likeness (QED) is 0.855. The number of rotatable bonds is 4. The first-order valence-electron chi connectivity index (χ1n) is 9.63. The van der Waals surface area contributed by atoms with Crippen molar-refractivity contribution < 1.29 is 14.0 Å². The summed E-state index contributed by atoms with van der Waals surface area (Å²) < 4.78 is 13.3. The van der Waals surface area contributed by atoms with Crippen LogP contribution in [0.3, 0.4) is 0 Å². The van der Waals surface area contributed by atoms with Gasteiger partial charge in [-0.1, -0.05) is 42.0 Å². The average Bonchev–Trinajstić information content (AvgIpc) is 3.43. The van der Waals surface area contributed by atoms with E-state index in [9.17, 15) is 14.0 Å². The molecule has 3 amide bonds. The number of carbonyl (C=O) groups excluding carboxylic acids is 2. The fourth-order valence-corrected chi connectivity index (χ4v) is 3.75. The van der Waals surface area contributed by atoms with E-state index in [1.54, 1.807) is 17.0 Å². The molecule has 1 saturated carbocycles. The molecule has 1 saturated heterocycles. The number of nitrogens with one attached hydrogen (secondary N) is 2. The number of piperazine rings is 1. The zero-order valence-corrected chi connectivity index (χ0v) is 15.9. The topological polar surface area (TPSA) is 61.4 Å². The van der Waals surface area contributed by atoms with Crippen molar-refractivity contribution in [2.75, 3.05) is 13.1 Å². The molecule has 0 radical (unpaired) electrons. The number of halogens is 1. The van der Waals surface area contributed by atoms with Crippen molar-refractivity contribution in [1.82, 2.24) is 15.5 Å². The number of hydrogen-bond acceptors (Lipinski definition) is 2. The molecule has 2 aliphatic rings. The second-order valence-electron chi connectivity index (χ2n) is 7.81. The summed E-state index contributed by atoms with van der Waals surface area (Å²) in [7, 11) is 0. The van der Waals surface area contributed by atoms with Gasteiger partial charge in [0.25, 0.3) is 0 Å². The van der Waals surface area contributed by atoms with Crippen LogP contribution in [0.2, 0.25) is 0 Å². The highest BCUT2D eigenvalue weighted by Gasteiger charge is 2.46. The first-order valence-corrected chi connectivity index (χ1v) is 9.63. The van der Waals surface area contributed by atoms with Gasteiger partial charge in [0.1, 0.15) is 11.9 Å². The smallest absolute Gasteiger partial charge is 0.318 e. The molecule has 5 nitrogen and oxygen atoms in total. The maximum atomic E-state index is 13.3. The van der Waals surface area contributed by atoms with Crippen LogP contribution in [0, 0.1) is 12.7 Å². The normalized spacial score (nSPS) is 20.4. The highest BCUT2D eigenvalue weighted by molar-refractivity contribution is 5.89. The van der Waals surface area contributed by atoms with E-state index in [1.165, 1.54) is 23.3 Å². The van der Waals surface area contributed by atoms with Crippen LogP contribution in [-0.2, 0) is 11.2 Å². The molecule has 0 aromatic heterocycles. The highest BCUT2D eigenvalue weighted by atomic mass is 19.1.